The minimum absolute atomic E-state index is 0.110. The zero-order chi connectivity index (χ0) is 18.2. The largest absolute Gasteiger partial charge is 0.466 e. The summed E-state index contributed by atoms with van der Waals surface area (Å²) in [7, 11) is 0. The highest BCUT2D eigenvalue weighted by atomic mass is 16.5. The number of Topliss-reactive ketones (excluding diaryl/α,β-unsaturated/α-hetero) is 1. The molecule has 1 rings (SSSR count). The quantitative estimate of drug-likeness (QED) is 0.291. The lowest BCUT2D eigenvalue weighted by atomic mass is 9.98. The number of esters is 1. The lowest BCUT2D eigenvalue weighted by Gasteiger charge is -2.11. The van der Waals surface area contributed by atoms with Crippen LogP contribution in [-0.2, 0) is 9.53 Å². The van der Waals surface area contributed by atoms with Crippen molar-refractivity contribution >= 4 is 11.8 Å². The van der Waals surface area contributed by atoms with E-state index in [1.54, 1.807) is 0 Å². The highest BCUT2D eigenvalue weighted by molar-refractivity contribution is 5.95. The van der Waals surface area contributed by atoms with Crippen LogP contribution in [0, 0.1) is 5.92 Å². The van der Waals surface area contributed by atoms with Gasteiger partial charge in [0.1, 0.15) is 0 Å². The number of hydrogen-bond donors (Lipinski definition) is 0. The fraction of sp³-hybridized carbons (Fsp3) is 0.619. The van der Waals surface area contributed by atoms with Gasteiger partial charge in [0.25, 0.3) is 0 Å². The van der Waals surface area contributed by atoms with Crippen molar-refractivity contribution in [2.24, 2.45) is 5.92 Å². The van der Waals surface area contributed by atoms with E-state index in [0.717, 1.165) is 37.7 Å². The van der Waals surface area contributed by atoms with E-state index in [-0.39, 0.29) is 11.8 Å². The van der Waals surface area contributed by atoms with Gasteiger partial charge < -0.3 is 4.74 Å². The highest BCUT2D eigenvalue weighted by Crippen LogP contribution is 2.15. The molecule has 0 aliphatic heterocycles. The van der Waals surface area contributed by atoms with Crippen molar-refractivity contribution in [3.8, 4) is 0 Å². The molecule has 0 saturated heterocycles. The van der Waals surface area contributed by atoms with E-state index in [9.17, 15) is 9.59 Å². The molecule has 0 heterocycles. The monoisotopic (exact) mass is 334 g/mol. The van der Waals surface area contributed by atoms with Gasteiger partial charge in [-0.2, -0.15) is 0 Å². The topological polar surface area (TPSA) is 43.4 Å². The first-order valence-electron chi connectivity index (χ1n) is 9.41. The van der Waals surface area contributed by atoms with E-state index in [1.807, 2.05) is 44.2 Å². The number of ether oxygens (including phenoxy) is 1. The Balaban J connectivity index is 0.00000254. The number of ketones is 1. The maximum Gasteiger partial charge on any atom is 0.305 e. The zero-order valence-electron chi connectivity index (χ0n) is 15.8. The van der Waals surface area contributed by atoms with Gasteiger partial charge in [-0.05, 0) is 25.2 Å². The Morgan fingerprint density at radius 2 is 1.58 bits per heavy atom. The van der Waals surface area contributed by atoms with Crippen molar-refractivity contribution in [3.63, 3.8) is 0 Å². The third-order valence-corrected chi connectivity index (χ3v) is 4.07. The van der Waals surface area contributed by atoms with Gasteiger partial charge in [0.2, 0.25) is 0 Å². The third kappa shape index (κ3) is 10.2. The van der Waals surface area contributed by atoms with E-state index in [0.29, 0.717) is 25.4 Å². The first-order valence-corrected chi connectivity index (χ1v) is 9.41. The van der Waals surface area contributed by atoms with Crippen molar-refractivity contribution in [3.05, 3.63) is 35.9 Å². The van der Waals surface area contributed by atoms with Gasteiger partial charge in [0.05, 0.1) is 6.61 Å². The second kappa shape index (κ2) is 14.9. The smallest absolute Gasteiger partial charge is 0.305 e. The van der Waals surface area contributed by atoms with Crippen molar-refractivity contribution in [1.82, 2.24) is 0 Å². The Kier molecular flexibility index (Phi) is 13.9. The van der Waals surface area contributed by atoms with Gasteiger partial charge in [-0.15, -0.1) is 0 Å². The van der Waals surface area contributed by atoms with E-state index in [2.05, 4.69) is 13.8 Å². The number of unbranched alkanes of at least 4 members (excludes halogenated alkanes) is 1. The summed E-state index contributed by atoms with van der Waals surface area (Å²) in [5.41, 5.74) is 0.754. The molecule has 0 fully saturated rings. The third-order valence-electron chi connectivity index (χ3n) is 4.07. The number of carbonyl (C=O) groups is 2. The normalized spacial score (nSPS) is 10.0. The Morgan fingerprint density at radius 1 is 0.958 bits per heavy atom. The van der Waals surface area contributed by atoms with Gasteiger partial charge in [-0.1, -0.05) is 70.9 Å². The Morgan fingerprint density at radius 3 is 2.17 bits per heavy atom. The summed E-state index contributed by atoms with van der Waals surface area (Å²) in [6, 6.07) is 9.31. The van der Waals surface area contributed by atoms with Crippen LogP contribution >= 0.6 is 0 Å². The Labute approximate surface area is 147 Å². The number of hydrogen-bond acceptors (Lipinski definition) is 3. The molecule has 0 aliphatic carbocycles. The van der Waals surface area contributed by atoms with Crippen LogP contribution in [0.15, 0.2) is 30.3 Å². The lowest BCUT2D eigenvalue weighted by molar-refractivity contribution is -0.144. The SMILES string of the molecule is CC.CCC(CC)CCC(=O)OCCCCC(=O)c1ccccc1. The summed E-state index contributed by atoms with van der Waals surface area (Å²) < 4.78 is 5.22. The second-order valence-corrected chi connectivity index (χ2v) is 5.69. The maximum atomic E-state index is 11.9. The molecule has 3 heteroatoms. The molecule has 24 heavy (non-hydrogen) atoms. The predicted molar refractivity (Wildman–Crippen MR) is 100 cm³/mol. The molecule has 1 aromatic rings. The van der Waals surface area contributed by atoms with Gasteiger partial charge in [0, 0.05) is 18.4 Å². The predicted octanol–water partition coefficient (Wildman–Crippen LogP) is 5.83. The number of carbonyl (C=O) groups excluding carboxylic acids is 2. The fourth-order valence-corrected chi connectivity index (χ4v) is 2.43. The van der Waals surface area contributed by atoms with Crippen molar-refractivity contribution in [1.29, 1.82) is 0 Å². The lowest BCUT2D eigenvalue weighted by Crippen LogP contribution is -2.09. The number of benzene rings is 1. The van der Waals surface area contributed by atoms with Gasteiger partial charge >= 0.3 is 5.97 Å². The van der Waals surface area contributed by atoms with Crippen LogP contribution in [0.2, 0.25) is 0 Å². The fourth-order valence-electron chi connectivity index (χ4n) is 2.43. The Hall–Kier alpha value is -1.64. The molecule has 0 saturated carbocycles. The molecule has 0 spiro atoms. The van der Waals surface area contributed by atoms with E-state index >= 15 is 0 Å². The molecule has 0 aromatic heterocycles. The standard InChI is InChI=1S/C19H28O3.C2H6/c1-3-16(4-2)13-14-19(21)22-15-9-8-12-18(20)17-10-6-5-7-11-17;1-2/h5-7,10-11,16H,3-4,8-9,12-15H2,1-2H3;1-2H3. The molecular formula is C21H34O3. The van der Waals surface area contributed by atoms with Crippen LogP contribution in [0.5, 0.6) is 0 Å². The van der Waals surface area contributed by atoms with E-state index < -0.39 is 0 Å². The summed E-state index contributed by atoms with van der Waals surface area (Å²) >= 11 is 0. The molecule has 0 N–H and O–H groups in total. The number of rotatable bonds is 11. The van der Waals surface area contributed by atoms with E-state index in [1.165, 1.54) is 0 Å². The molecule has 0 amide bonds. The van der Waals surface area contributed by atoms with Crippen LogP contribution < -0.4 is 0 Å². The van der Waals surface area contributed by atoms with Gasteiger partial charge in [-0.3, -0.25) is 9.59 Å². The van der Waals surface area contributed by atoms with Crippen LogP contribution in [-0.4, -0.2) is 18.4 Å². The maximum absolute atomic E-state index is 11.9. The zero-order valence-corrected chi connectivity index (χ0v) is 15.8. The molecule has 1 aromatic carbocycles. The van der Waals surface area contributed by atoms with Crippen molar-refractivity contribution < 1.29 is 14.3 Å². The molecule has 0 aliphatic rings. The average molecular weight is 334 g/mol. The van der Waals surface area contributed by atoms with Crippen molar-refractivity contribution in [2.45, 2.75) is 72.6 Å². The van der Waals surface area contributed by atoms with E-state index in [4.69, 9.17) is 4.74 Å². The van der Waals surface area contributed by atoms with Crippen molar-refractivity contribution in [2.75, 3.05) is 6.61 Å². The summed E-state index contributed by atoms with van der Waals surface area (Å²) in [5.74, 6) is 0.665. The molecule has 136 valence electrons. The summed E-state index contributed by atoms with van der Waals surface area (Å²) in [6.07, 6.45) is 5.67. The summed E-state index contributed by atoms with van der Waals surface area (Å²) in [6.45, 7) is 8.73. The molecule has 3 nitrogen and oxygen atoms in total. The molecule has 0 unspecified atom stereocenters. The Bertz CT molecular complexity index is 436. The molecular weight excluding hydrogens is 300 g/mol. The second-order valence-electron chi connectivity index (χ2n) is 5.69. The first-order chi connectivity index (χ1) is 11.7. The van der Waals surface area contributed by atoms with Gasteiger partial charge in [0.15, 0.2) is 5.78 Å². The molecule has 0 atom stereocenters. The summed E-state index contributed by atoms with van der Waals surface area (Å²) in [5, 5.41) is 0. The minimum Gasteiger partial charge on any atom is -0.466 e. The average Bonchev–Trinajstić information content (AvgIpc) is 2.64. The first kappa shape index (κ1) is 22.4. The molecule has 0 radical (unpaired) electrons. The van der Waals surface area contributed by atoms with Crippen LogP contribution in [0.4, 0.5) is 0 Å². The minimum atomic E-state index is -0.110. The van der Waals surface area contributed by atoms with Crippen LogP contribution in [0.25, 0.3) is 0 Å². The van der Waals surface area contributed by atoms with Crippen LogP contribution in [0.1, 0.15) is 83.0 Å². The van der Waals surface area contributed by atoms with Crippen LogP contribution in [0.3, 0.4) is 0 Å². The summed E-state index contributed by atoms with van der Waals surface area (Å²) in [4.78, 5) is 23.5. The van der Waals surface area contributed by atoms with Gasteiger partial charge in [-0.25, -0.2) is 0 Å². The molecule has 0 bridgehead atoms. The highest BCUT2D eigenvalue weighted by Gasteiger charge is 2.09.